The monoisotopic (exact) mass is 234 g/mol. The summed E-state index contributed by atoms with van der Waals surface area (Å²) in [5.41, 5.74) is 3.18. The van der Waals surface area contributed by atoms with Crippen molar-refractivity contribution in [2.24, 2.45) is 14.1 Å². The number of aryl methyl sites for hydroxylation is 3. The van der Waals surface area contributed by atoms with E-state index < -0.39 is 0 Å². The maximum absolute atomic E-state index is 4.34. The number of aromatic nitrogens is 5. The van der Waals surface area contributed by atoms with E-state index in [1.165, 1.54) is 5.69 Å². The summed E-state index contributed by atoms with van der Waals surface area (Å²) in [6.07, 6.45) is 2.79. The summed E-state index contributed by atoms with van der Waals surface area (Å²) in [5.74, 6) is 0. The summed E-state index contributed by atoms with van der Waals surface area (Å²) in [5, 5.41) is 15.7. The van der Waals surface area contributed by atoms with E-state index in [-0.39, 0.29) is 6.04 Å². The first-order chi connectivity index (χ1) is 8.10. The summed E-state index contributed by atoms with van der Waals surface area (Å²) in [6.45, 7) is 2.00. The average molecular weight is 234 g/mol. The molecule has 0 aromatic carbocycles. The Labute approximate surface area is 101 Å². The molecule has 0 spiro atoms. The van der Waals surface area contributed by atoms with Crippen LogP contribution in [0.4, 0.5) is 0 Å². The van der Waals surface area contributed by atoms with Crippen LogP contribution in [0.5, 0.6) is 0 Å². The van der Waals surface area contributed by atoms with E-state index in [1.54, 1.807) is 4.68 Å². The quantitative estimate of drug-likeness (QED) is 0.830. The van der Waals surface area contributed by atoms with Crippen LogP contribution in [0.2, 0.25) is 0 Å². The van der Waals surface area contributed by atoms with Crippen molar-refractivity contribution in [2.45, 2.75) is 19.4 Å². The van der Waals surface area contributed by atoms with Crippen LogP contribution in [0.1, 0.15) is 23.1 Å². The second-order valence-electron chi connectivity index (χ2n) is 4.26. The average Bonchev–Trinajstić information content (AvgIpc) is 2.82. The van der Waals surface area contributed by atoms with Gasteiger partial charge in [0.05, 0.1) is 17.4 Å². The van der Waals surface area contributed by atoms with Crippen molar-refractivity contribution in [1.29, 1.82) is 0 Å². The predicted molar refractivity (Wildman–Crippen MR) is 64.5 cm³/mol. The summed E-state index contributed by atoms with van der Waals surface area (Å²) >= 11 is 0. The van der Waals surface area contributed by atoms with Crippen LogP contribution in [0.15, 0.2) is 12.3 Å². The number of hydrogen-bond acceptors (Lipinski definition) is 4. The molecule has 2 aromatic rings. The highest BCUT2D eigenvalue weighted by Crippen LogP contribution is 2.15. The third-order valence-corrected chi connectivity index (χ3v) is 2.84. The fourth-order valence-electron chi connectivity index (χ4n) is 1.94. The second kappa shape index (κ2) is 4.67. The first-order valence-electron chi connectivity index (χ1n) is 5.63. The smallest absolute Gasteiger partial charge is 0.1000 e. The molecule has 6 heteroatoms. The molecular weight excluding hydrogens is 216 g/mol. The first-order valence-corrected chi connectivity index (χ1v) is 5.63. The van der Waals surface area contributed by atoms with Gasteiger partial charge >= 0.3 is 0 Å². The highest BCUT2D eigenvalue weighted by molar-refractivity contribution is 5.13. The van der Waals surface area contributed by atoms with Crippen LogP contribution in [0, 0.1) is 6.92 Å². The lowest BCUT2D eigenvalue weighted by molar-refractivity contribution is 0.547. The van der Waals surface area contributed by atoms with Crippen molar-refractivity contribution in [2.75, 3.05) is 7.05 Å². The number of nitrogens with zero attached hydrogens (tertiary/aromatic N) is 5. The number of likely N-dealkylation sites (N-methyl/N-ethyl adjacent to an activating group) is 1. The highest BCUT2D eigenvalue weighted by Gasteiger charge is 2.15. The minimum absolute atomic E-state index is 0.165. The number of rotatable bonds is 4. The van der Waals surface area contributed by atoms with E-state index in [9.17, 15) is 0 Å². The summed E-state index contributed by atoms with van der Waals surface area (Å²) in [4.78, 5) is 0. The molecule has 0 fully saturated rings. The molecule has 0 aliphatic rings. The van der Waals surface area contributed by atoms with Crippen molar-refractivity contribution >= 4 is 0 Å². The molecule has 0 aliphatic carbocycles. The zero-order valence-corrected chi connectivity index (χ0v) is 10.7. The van der Waals surface area contributed by atoms with Crippen LogP contribution >= 0.6 is 0 Å². The zero-order valence-electron chi connectivity index (χ0n) is 10.7. The third-order valence-electron chi connectivity index (χ3n) is 2.84. The maximum Gasteiger partial charge on any atom is 0.1000 e. The molecule has 0 bridgehead atoms. The largest absolute Gasteiger partial charge is 0.311 e. The lowest BCUT2D eigenvalue weighted by Crippen LogP contribution is -2.20. The van der Waals surface area contributed by atoms with E-state index in [4.69, 9.17) is 0 Å². The Morgan fingerprint density at radius 1 is 1.41 bits per heavy atom. The van der Waals surface area contributed by atoms with Crippen LogP contribution in [-0.4, -0.2) is 31.8 Å². The zero-order chi connectivity index (χ0) is 12.4. The molecule has 1 N–H and O–H groups in total. The Morgan fingerprint density at radius 2 is 2.18 bits per heavy atom. The predicted octanol–water partition coefficient (Wildman–Crippen LogP) is 0.360. The molecule has 2 heterocycles. The fraction of sp³-hybridized carbons (Fsp3) is 0.545. The molecule has 1 atom stereocenters. The van der Waals surface area contributed by atoms with Gasteiger partial charge in [-0.15, -0.1) is 5.10 Å². The topological polar surface area (TPSA) is 60.6 Å². The molecule has 0 amide bonds. The van der Waals surface area contributed by atoms with E-state index in [2.05, 4.69) is 26.8 Å². The Balaban J connectivity index is 2.18. The lowest BCUT2D eigenvalue weighted by atomic mass is 10.1. The van der Waals surface area contributed by atoms with Gasteiger partial charge in [-0.05, 0) is 20.0 Å². The normalized spacial score (nSPS) is 12.9. The molecule has 2 aromatic heterocycles. The number of hydrogen-bond donors (Lipinski definition) is 1. The maximum atomic E-state index is 4.34. The van der Waals surface area contributed by atoms with E-state index in [1.807, 2.05) is 38.9 Å². The van der Waals surface area contributed by atoms with Gasteiger partial charge in [0.25, 0.3) is 0 Å². The fourth-order valence-corrected chi connectivity index (χ4v) is 1.94. The molecule has 0 aliphatic heterocycles. The van der Waals surface area contributed by atoms with Crippen molar-refractivity contribution in [3.63, 3.8) is 0 Å². The molecule has 17 heavy (non-hydrogen) atoms. The Bertz CT molecular complexity index is 498. The van der Waals surface area contributed by atoms with Gasteiger partial charge in [-0.3, -0.25) is 9.36 Å². The van der Waals surface area contributed by atoms with Crippen LogP contribution in [0.3, 0.4) is 0 Å². The molecular formula is C11H18N6. The van der Waals surface area contributed by atoms with Crippen molar-refractivity contribution in [3.05, 3.63) is 29.3 Å². The van der Waals surface area contributed by atoms with E-state index in [0.29, 0.717) is 0 Å². The van der Waals surface area contributed by atoms with Gasteiger partial charge in [0, 0.05) is 32.4 Å². The molecule has 6 nitrogen and oxygen atoms in total. The Hall–Kier alpha value is -1.69. The molecule has 0 saturated carbocycles. The molecule has 0 saturated heterocycles. The van der Waals surface area contributed by atoms with Gasteiger partial charge in [0.1, 0.15) is 0 Å². The van der Waals surface area contributed by atoms with Gasteiger partial charge < -0.3 is 5.32 Å². The second-order valence-corrected chi connectivity index (χ2v) is 4.26. The molecule has 92 valence electrons. The van der Waals surface area contributed by atoms with Gasteiger partial charge in [-0.2, -0.15) is 5.10 Å². The van der Waals surface area contributed by atoms with Crippen molar-refractivity contribution in [3.8, 4) is 0 Å². The van der Waals surface area contributed by atoms with Crippen molar-refractivity contribution < 1.29 is 0 Å². The van der Waals surface area contributed by atoms with E-state index in [0.717, 1.165) is 17.8 Å². The van der Waals surface area contributed by atoms with Crippen LogP contribution < -0.4 is 5.32 Å². The Kier molecular flexibility index (Phi) is 3.23. The van der Waals surface area contributed by atoms with Gasteiger partial charge in [0.15, 0.2) is 0 Å². The highest BCUT2D eigenvalue weighted by atomic mass is 15.4. The van der Waals surface area contributed by atoms with Gasteiger partial charge in [-0.25, -0.2) is 0 Å². The summed E-state index contributed by atoms with van der Waals surface area (Å²) in [7, 11) is 5.77. The minimum Gasteiger partial charge on any atom is -0.311 e. The lowest BCUT2D eigenvalue weighted by Gasteiger charge is -2.12. The summed E-state index contributed by atoms with van der Waals surface area (Å²) < 4.78 is 3.63. The molecule has 1 unspecified atom stereocenters. The molecule has 2 rings (SSSR count). The van der Waals surface area contributed by atoms with Crippen LogP contribution in [0.25, 0.3) is 0 Å². The minimum atomic E-state index is 0.165. The standard InChI is InChI=1S/C11H18N6/c1-8-5-9(17(4)14-8)6-10(12-2)11-7-16(3)15-13-11/h5,7,10,12H,6H2,1-4H3. The van der Waals surface area contributed by atoms with Gasteiger partial charge in [0.2, 0.25) is 0 Å². The van der Waals surface area contributed by atoms with Crippen molar-refractivity contribution in [1.82, 2.24) is 30.1 Å². The van der Waals surface area contributed by atoms with Crippen LogP contribution in [-0.2, 0) is 20.5 Å². The summed E-state index contributed by atoms with van der Waals surface area (Å²) in [6, 6.07) is 2.26. The van der Waals surface area contributed by atoms with E-state index >= 15 is 0 Å². The number of nitrogens with one attached hydrogen (secondary N) is 1. The Morgan fingerprint density at radius 3 is 2.65 bits per heavy atom. The first kappa shape index (κ1) is 11.8. The SMILES string of the molecule is CNC(Cc1cc(C)nn1C)c1cn(C)nn1. The third kappa shape index (κ3) is 2.52. The van der Waals surface area contributed by atoms with Gasteiger partial charge in [-0.1, -0.05) is 5.21 Å². The molecule has 0 radical (unpaired) electrons.